The summed E-state index contributed by atoms with van der Waals surface area (Å²) in [5.41, 5.74) is 0. The summed E-state index contributed by atoms with van der Waals surface area (Å²) >= 11 is 0. The number of hydrogen-bond donors (Lipinski definition) is 0. The topological polar surface area (TPSA) is 72.9 Å². The highest BCUT2D eigenvalue weighted by molar-refractivity contribution is 5.81. The molecule has 0 rings (SSSR count). The Morgan fingerprint density at radius 1 is 1.19 bits per heavy atom. The molecule has 0 saturated heterocycles. The van der Waals surface area contributed by atoms with Crippen molar-refractivity contribution in [3.8, 4) is 0 Å². The predicted octanol–water partition coefficient (Wildman–Crippen LogP) is -0.183. The van der Waals surface area contributed by atoms with E-state index in [1.807, 2.05) is 0 Å². The number of hydrogen-bond acceptors (Lipinski definition) is 5. The summed E-state index contributed by atoms with van der Waals surface area (Å²) in [6.07, 6.45) is 0. The van der Waals surface area contributed by atoms with Gasteiger partial charge in [-0.1, -0.05) is 6.92 Å². The van der Waals surface area contributed by atoms with Crippen LogP contribution in [0.15, 0.2) is 0 Å². The van der Waals surface area contributed by atoms with Crippen LogP contribution in [0.5, 0.6) is 0 Å². The molecule has 0 radical (unpaired) electrons. The number of ether oxygens (including phenoxy) is 2. The van der Waals surface area contributed by atoms with Crippen molar-refractivity contribution >= 4 is 17.8 Å². The van der Waals surface area contributed by atoms with Gasteiger partial charge in [-0.2, -0.15) is 0 Å². The number of methoxy groups -OCH3 is 2. The highest BCUT2D eigenvalue weighted by atomic mass is 16.5. The first-order valence-corrected chi connectivity index (χ1v) is 4.82. The monoisotopic (exact) mass is 231 g/mol. The van der Waals surface area contributed by atoms with E-state index in [1.54, 1.807) is 6.92 Å². The Bertz CT molecular complexity index is 276. The van der Waals surface area contributed by atoms with Gasteiger partial charge in [0.2, 0.25) is 5.91 Å². The smallest absolute Gasteiger partial charge is 0.325 e. The zero-order valence-electron chi connectivity index (χ0n) is 9.98. The molecule has 6 nitrogen and oxygen atoms in total. The number of amides is 1. The highest BCUT2D eigenvalue weighted by Gasteiger charge is 2.21. The van der Waals surface area contributed by atoms with Gasteiger partial charge in [0.1, 0.15) is 6.54 Å². The van der Waals surface area contributed by atoms with Gasteiger partial charge in [0.25, 0.3) is 0 Å². The number of carbonyl (C=O) groups excluding carboxylic acids is 3. The second kappa shape index (κ2) is 6.81. The zero-order valence-corrected chi connectivity index (χ0v) is 9.98. The van der Waals surface area contributed by atoms with E-state index in [4.69, 9.17) is 0 Å². The number of nitrogens with zero attached hydrogens (tertiary/aromatic N) is 1. The van der Waals surface area contributed by atoms with Crippen molar-refractivity contribution in [3.63, 3.8) is 0 Å². The molecule has 1 unspecified atom stereocenters. The van der Waals surface area contributed by atoms with Crippen molar-refractivity contribution < 1.29 is 23.9 Å². The van der Waals surface area contributed by atoms with Crippen molar-refractivity contribution in [3.05, 3.63) is 0 Å². The maximum absolute atomic E-state index is 11.2. The Hall–Kier alpha value is -1.59. The second-order valence-corrected chi connectivity index (χ2v) is 3.40. The molecule has 0 aromatic rings. The molecular weight excluding hydrogens is 214 g/mol. The Balaban J connectivity index is 4.39. The molecule has 0 aliphatic carbocycles. The van der Waals surface area contributed by atoms with Crippen molar-refractivity contribution in [1.29, 1.82) is 0 Å². The number of rotatable bonds is 5. The Morgan fingerprint density at radius 3 is 2.12 bits per heavy atom. The molecule has 0 aliphatic heterocycles. The third-order valence-electron chi connectivity index (χ3n) is 2.09. The standard InChI is InChI=1S/C10H17NO5/c1-7(10(14)16-4)5-11(8(2)12)6-9(13)15-3/h7H,5-6H2,1-4H3. The highest BCUT2D eigenvalue weighted by Crippen LogP contribution is 2.03. The minimum atomic E-state index is -0.521. The molecule has 0 spiro atoms. The Labute approximate surface area is 94.5 Å². The first kappa shape index (κ1) is 14.4. The van der Waals surface area contributed by atoms with E-state index in [0.717, 1.165) is 0 Å². The summed E-state index contributed by atoms with van der Waals surface area (Å²) in [6, 6.07) is 0. The molecule has 0 fully saturated rings. The maximum atomic E-state index is 11.2. The molecule has 0 bridgehead atoms. The molecule has 0 aromatic carbocycles. The van der Waals surface area contributed by atoms with Crippen LogP contribution in [0.3, 0.4) is 0 Å². The molecular formula is C10H17NO5. The molecule has 1 atom stereocenters. The fourth-order valence-corrected chi connectivity index (χ4v) is 1.13. The lowest BCUT2D eigenvalue weighted by atomic mass is 10.1. The number of carbonyl (C=O) groups is 3. The molecule has 6 heteroatoms. The minimum Gasteiger partial charge on any atom is -0.469 e. The van der Waals surface area contributed by atoms with E-state index in [2.05, 4.69) is 9.47 Å². The lowest BCUT2D eigenvalue weighted by molar-refractivity contribution is -0.150. The summed E-state index contributed by atoms with van der Waals surface area (Å²) in [5, 5.41) is 0. The van der Waals surface area contributed by atoms with Crippen LogP contribution in [-0.4, -0.2) is 50.1 Å². The van der Waals surface area contributed by atoms with Crippen LogP contribution in [0.25, 0.3) is 0 Å². The fourth-order valence-electron chi connectivity index (χ4n) is 1.13. The summed E-state index contributed by atoms with van der Waals surface area (Å²) in [6.45, 7) is 2.93. The molecule has 0 aromatic heterocycles. The minimum absolute atomic E-state index is 0.136. The first-order chi connectivity index (χ1) is 7.42. The van der Waals surface area contributed by atoms with Gasteiger partial charge in [-0.15, -0.1) is 0 Å². The molecule has 0 saturated carbocycles. The first-order valence-electron chi connectivity index (χ1n) is 4.82. The van der Waals surface area contributed by atoms with Crippen molar-refractivity contribution in [2.24, 2.45) is 5.92 Å². The molecule has 1 amide bonds. The van der Waals surface area contributed by atoms with Gasteiger partial charge in [0.05, 0.1) is 20.1 Å². The fraction of sp³-hybridized carbons (Fsp3) is 0.700. The third-order valence-corrected chi connectivity index (χ3v) is 2.09. The van der Waals surface area contributed by atoms with Crippen LogP contribution in [-0.2, 0) is 23.9 Å². The molecule has 0 N–H and O–H groups in total. The van der Waals surface area contributed by atoms with E-state index in [0.29, 0.717) is 0 Å². The van der Waals surface area contributed by atoms with Crippen molar-refractivity contribution in [1.82, 2.24) is 4.90 Å². The SMILES string of the molecule is COC(=O)CN(CC(C)C(=O)OC)C(C)=O. The van der Waals surface area contributed by atoms with Crippen LogP contribution in [0, 0.1) is 5.92 Å². The zero-order chi connectivity index (χ0) is 12.7. The maximum Gasteiger partial charge on any atom is 0.325 e. The molecule has 16 heavy (non-hydrogen) atoms. The van der Waals surface area contributed by atoms with Crippen molar-refractivity contribution in [2.45, 2.75) is 13.8 Å². The Kier molecular flexibility index (Phi) is 6.14. The van der Waals surface area contributed by atoms with Crippen LogP contribution >= 0.6 is 0 Å². The molecule has 92 valence electrons. The summed E-state index contributed by atoms with van der Waals surface area (Å²) in [5.74, 6) is -1.71. The van der Waals surface area contributed by atoms with Crippen LogP contribution in [0.1, 0.15) is 13.8 Å². The van der Waals surface area contributed by atoms with E-state index in [1.165, 1.54) is 26.0 Å². The normalized spacial score (nSPS) is 11.5. The average molecular weight is 231 g/mol. The van der Waals surface area contributed by atoms with Gasteiger partial charge in [-0.05, 0) is 0 Å². The van der Waals surface area contributed by atoms with E-state index < -0.39 is 17.9 Å². The van der Waals surface area contributed by atoms with Gasteiger partial charge in [-0.25, -0.2) is 0 Å². The molecule has 0 heterocycles. The van der Waals surface area contributed by atoms with Crippen LogP contribution in [0.4, 0.5) is 0 Å². The van der Waals surface area contributed by atoms with E-state index in [9.17, 15) is 14.4 Å². The lowest BCUT2D eigenvalue weighted by Gasteiger charge is -2.22. The average Bonchev–Trinajstić information content (AvgIpc) is 2.26. The summed E-state index contributed by atoms with van der Waals surface area (Å²) in [7, 11) is 2.52. The van der Waals surface area contributed by atoms with E-state index in [-0.39, 0.29) is 19.0 Å². The number of esters is 2. The van der Waals surface area contributed by atoms with E-state index >= 15 is 0 Å². The van der Waals surface area contributed by atoms with Gasteiger partial charge >= 0.3 is 11.9 Å². The summed E-state index contributed by atoms with van der Waals surface area (Å²) < 4.78 is 8.98. The second-order valence-electron chi connectivity index (χ2n) is 3.40. The van der Waals surface area contributed by atoms with Gasteiger partial charge < -0.3 is 14.4 Å². The molecule has 0 aliphatic rings. The van der Waals surface area contributed by atoms with Gasteiger partial charge in [0, 0.05) is 13.5 Å². The summed E-state index contributed by atoms with van der Waals surface area (Å²) in [4.78, 5) is 34.6. The largest absolute Gasteiger partial charge is 0.469 e. The Morgan fingerprint density at radius 2 is 1.75 bits per heavy atom. The van der Waals surface area contributed by atoms with Gasteiger partial charge in [0.15, 0.2) is 0 Å². The van der Waals surface area contributed by atoms with Crippen LogP contribution < -0.4 is 0 Å². The van der Waals surface area contributed by atoms with Crippen molar-refractivity contribution in [2.75, 3.05) is 27.3 Å². The quantitative estimate of drug-likeness (QED) is 0.613. The lowest BCUT2D eigenvalue weighted by Crippen LogP contribution is -2.39. The van der Waals surface area contributed by atoms with Gasteiger partial charge in [-0.3, -0.25) is 14.4 Å². The van der Waals surface area contributed by atoms with Crippen LogP contribution in [0.2, 0.25) is 0 Å². The predicted molar refractivity (Wildman–Crippen MR) is 55.5 cm³/mol. The third kappa shape index (κ3) is 4.77.